The van der Waals surface area contributed by atoms with Crippen LogP contribution in [0.4, 0.5) is 5.69 Å². The molecule has 2 aromatic rings. The number of aromatic hydroxyl groups is 1. The van der Waals surface area contributed by atoms with Crippen molar-refractivity contribution in [3.05, 3.63) is 47.7 Å². The summed E-state index contributed by atoms with van der Waals surface area (Å²) >= 11 is 0. The molecular formula is C19H21N5O5S. The normalized spacial score (nSPS) is 19.9. The van der Waals surface area contributed by atoms with Gasteiger partial charge in [0.05, 0.1) is 17.9 Å². The molecule has 1 fully saturated rings. The summed E-state index contributed by atoms with van der Waals surface area (Å²) in [5.74, 6) is 0.0325. The Labute approximate surface area is 173 Å². The number of pyridine rings is 1. The second-order valence-electron chi connectivity index (χ2n) is 7.21. The molecule has 1 aromatic carbocycles. The number of piperidine rings is 1. The Balaban J connectivity index is 1.45. The number of amidine groups is 1. The number of ether oxygens (including phenoxy) is 1. The van der Waals surface area contributed by atoms with Gasteiger partial charge < -0.3 is 20.5 Å². The number of nitrogens with zero attached hydrogens (tertiary/aromatic N) is 3. The second-order valence-corrected chi connectivity index (χ2v) is 8.54. The van der Waals surface area contributed by atoms with E-state index in [2.05, 4.69) is 14.1 Å². The van der Waals surface area contributed by atoms with E-state index in [-0.39, 0.29) is 23.5 Å². The molecule has 0 unspecified atom stereocenters. The number of carbonyl (C=O) groups is 1. The van der Waals surface area contributed by atoms with Gasteiger partial charge >= 0.3 is 10.2 Å². The molecule has 158 valence electrons. The van der Waals surface area contributed by atoms with Crippen molar-refractivity contribution in [3.63, 3.8) is 0 Å². The number of anilines is 1. The van der Waals surface area contributed by atoms with E-state index in [1.54, 1.807) is 29.2 Å². The van der Waals surface area contributed by atoms with Crippen molar-refractivity contribution in [1.82, 2.24) is 9.88 Å². The van der Waals surface area contributed by atoms with Crippen molar-refractivity contribution in [2.75, 3.05) is 24.4 Å². The zero-order valence-electron chi connectivity index (χ0n) is 16.0. The van der Waals surface area contributed by atoms with Crippen LogP contribution in [0.1, 0.15) is 28.8 Å². The van der Waals surface area contributed by atoms with Crippen molar-refractivity contribution >= 4 is 27.6 Å². The molecule has 0 spiro atoms. The van der Waals surface area contributed by atoms with Gasteiger partial charge in [-0.25, -0.2) is 4.98 Å². The molecule has 1 amide bonds. The topological polar surface area (TPSA) is 147 Å². The molecule has 11 heteroatoms. The fourth-order valence-corrected chi connectivity index (χ4v) is 4.51. The minimum Gasteiger partial charge on any atom is -0.493 e. The maximum atomic E-state index is 12.7. The number of rotatable bonds is 4. The molecule has 4 rings (SSSR count). The maximum absolute atomic E-state index is 12.7. The summed E-state index contributed by atoms with van der Waals surface area (Å²) in [6.45, 7) is 1.47. The Morgan fingerprint density at radius 1 is 1.37 bits per heavy atom. The lowest BCUT2D eigenvalue weighted by Gasteiger charge is -2.33. The maximum Gasteiger partial charge on any atom is 0.344 e. The summed E-state index contributed by atoms with van der Waals surface area (Å²) in [6, 6.07) is 7.88. The first kappa shape index (κ1) is 20.0. The van der Waals surface area contributed by atoms with E-state index < -0.39 is 10.2 Å². The fourth-order valence-electron chi connectivity index (χ4n) is 3.66. The van der Waals surface area contributed by atoms with Gasteiger partial charge in [0.15, 0.2) is 5.84 Å². The molecule has 1 aromatic heterocycles. The van der Waals surface area contributed by atoms with Crippen LogP contribution < -0.4 is 15.2 Å². The Hall–Kier alpha value is -3.34. The predicted molar refractivity (Wildman–Crippen MR) is 110 cm³/mol. The molecular weight excluding hydrogens is 410 g/mol. The van der Waals surface area contributed by atoms with E-state index in [0.717, 1.165) is 12.8 Å². The summed E-state index contributed by atoms with van der Waals surface area (Å²) in [4.78, 5) is 18.1. The number of fused-ring (bicyclic) bond motifs is 1. The Kier molecular flexibility index (Phi) is 5.20. The van der Waals surface area contributed by atoms with E-state index >= 15 is 0 Å². The molecule has 3 heterocycles. The van der Waals surface area contributed by atoms with Gasteiger partial charge in [0.25, 0.3) is 5.91 Å². The number of hydrogen-bond acceptors (Lipinski definition) is 7. The fraction of sp³-hybridized carbons (Fsp3) is 0.316. The number of carbonyl (C=O) groups excluding carboxylic acids is 1. The average molecular weight is 431 g/mol. The van der Waals surface area contributed by atoms with Crippen LogP contribution >= 0.6 is 0 Å². The van der Waals surface area contributed by atoms with Crippen molar-refractivity contribution in [2.24, 2.45) is 16.0 Å². The summed E-state index contributed by atoms with van der Waals surface area (Å²) in [5, 5.41) is 9.51. The molecule has 0 radical (unpaired) electrons. The first-order valence-electron chi connectivity index (χ1n) is 9.41. The van der Waals surface area contributed by atoms with Gasteiger partial charge in [-0.1, -0.05) is 6.07 Å². The first-order valence-corrected chi connectivity index (χ1v) is 10.8. The van der Waals surface area contributed by atoms with Gasteiger partial charge in [-0.05, 0) is 31.0 Å². The third-order valence-corrected chi connectivity index (χ3v) is 5.93. The van der Waals surface area contributed by atoms with Crippen LogP contribution in [0.2, 0.25) is 0 Å². The van der Waals surface area contributed by atoms with Crippen molar-refractivity contribution in [2.45, 2.75) is 12.8 Å². The third kappa shape index (κ3) is 4.15. The molecule has 30 heavy (non-hydrogen) atoms. The molecule has 0 saturated carbocycles. The minimum atomic E-state index is -3.85. The predicted octanol–water partition coefficient (Wildman–Crippen LogP) is 1.09. The van der Waals surface area contributed by atoms with Crippen molar-refractivity contribution < 1.29 is 23.1 Å². The quantitative estimate of drug-likeness (QED) is 0.656. The van der Waals surface area contributed by atoms with Gasteiger partial charge in [0.1, 0.15) is 5.75 Å². The zero-order chi connectivity index (χ0) is 21.3. The number of nitrogens with two attached hydrogens (primary N) is 1. The van der Waals surface area contributed by atoms with Crippen LogP contribution in [0, 0.1) is 5.92 Å². The van der Waals surface area contributed by atoms with Crippen LogP contribution in [0.5, 0.6) is 11.6 Å². The van der Waals surface area contributed by atoms with Crippen LogP contribution in [0.25, 0.3) is 0 Å². The summed E-state index contributed by atoms with van der Waals surface area (Å²) in [6.07, 6.45) is 3.11. The number of hydrogen-bond donors (Lipinski definition) is 3. The highest BCUT2D eigenvalue weighted by Crippen LogP contribution is 2.31. The molecule has 0 bridgehead atoms. The van der Waals surface area contributed by atoms with Crippen LogP contribution in [-0.2, 0) is 10.2 Å². The number of nitrogens with one attached hydrogen (secondary N) is 1. The summed E-state index contributed by atoms with van der Waals surface area (Å²) in [5.41, 5.74) is 6.95. The zero-order valence-corrected chi connectivity index (χ0v) is 16.8. The van der Waals surface area contributed by atoms with Crippen LogP contribution in [0.15, 0.2) is 40.9 Å². The number of benzene rings is 1. The molecule has 4 N–H and O–H groups in total. The van der Waals surface area contributed by atoms with Crippen molar-refractivity contribution in [3.8, 4) is 11.6 Å². The van der Waals surface area contributed by atoms with E-state index in [9.17, 15) is 18.3 Å². The highest BCUT2D eigenvalue weighted by Gasteiger charge is 2.27. The SMILES string of the molecule is NC1=NS(=O)(=O)Nc2cccc(OC[C@H]3CCCN(C(=O)c4ccnc(O)c4)C3)c21. The molecule has 0 aliphatic carbocycles. The third-order valence-electron chi connectivity index (χ3n) is 5.01. The monoisotopic (exact) mass is 431 g/mol. The minimum absolute atomic E-state index is 0.0902. The highest BCUT2D eigenvalue weighted by atomic mass is 32.2. The van der Waals surface area contributed by atoms with Crippen LogP contribution in [-0.4, -0.2) is 54.8 Å². The summed E-state index contributed by atoms with van der Waals surface area (Å²) in [7, 11) is -3.85. The first-order chi connectivity index (χ1) is 14.3. The summed E-state index contributed by atoms with van der Waals surface area (Å²) < 4.78 is 35.2. The van der Waals surface area contributed by atoms with E-state index in [1.165, 1.54) is 12.3 Å². The largest absolute Gasteiger partial charge is 0.493 e. The average Bonchev–Trinajstić information content (AvgIpc) is 2.70. The van der Waals surface area contributed by atoms with Gasteiger partial charge in [-0.3, -0.25) is 9.52 Å². The number of likely N-dealkylation sites (tertiary alicyclic amines) is 1. The highest BCUT2D eigenvalue weighted by molar-refractivity contribution is 7.91. The lowest BCUT2D eigenvalue weighted by Crippen LogP contribution is -2.41. The van der Waals surface area contributed by atoms with E-state index in [4.69, 9.17) is 10.5 Å². The van der Waals surface area contributed by atoms with E-state index in [1.807, 2.05) is 0 Å². The van der Waals surface area contributed by atoms with Gasteiger partial charge in [-0.2, -0.15) is 8.42 Å². The van der Waals surface area contributed by atoms with Crippen molar-refractivity contribution in [1.29, 1.82) is 0 Å². The molecule has 2 aliphatic rings. The second kappa shape index (κ2) is 7.82. The van der Waals surface area contributed by atoms with E-state index in [0.29, 0.717) is 42.3 Å². The molecule has 1 atom stereocenters. The Morgan fingerprint density at radius 3 is 3.00 bits per heavy atom. The van der Waals surface area contributed by atoms with Gasteiger partial charge in [0, 0.05) is 36.8 Å². The molecule has 2 aliphatic heterocycles. The van der Waals surface area contributed by atoms with Gasteiger partial charge in [-0.15, -0.1) is 4.40 Å². The lowest BCUT2D eigenvalue weighted by atomic mass is 9.98. The Bertz CT molecular complexity index is 1120. The number of amides is 1. The van der Waals surface area contributed by atoms with Gasteiger partial charge in [0.2, 0.25) is 5.88 Å². The standard InChI is InChI=1S/C19H21N5O5S/c20-18-17-14(22-30(27,28)23-18)4-1-5-15(17)29-11-12-3-2-8-24(10-12)19(26)13-6-7-21-16(25)9-13/h1,4-7,9,12,22H,2-3,8,10-11H2,(H2,20,23)(H,21,25)/t12-/m0/s1. The smallest absolute Gasteiger partial charge is 0.344 e. The van der Waals surface area contributed by atoms with Crippen LogP contribution in [0.3, 0.4) is 0 Å². The molecule has 1 saturated heterocycles. The Morgan fingerprint density at radius 2 is 2.20 bits per heavy atom. The molecule has 10 nitrogen and oxygen atoms in total. The lowest BCUT2D eigenvalue weighted by molar-refractivity contribution is 0.0632. The number of aromatic nitrogens is 1.